The molecule has 0 aliphatic carbocycles. The van der Waals surface area contributed by atoms with Gasteiger partial charge in [0, 0.05) is 29.1 Å². The van der Waals surface area contributed by atoms with E-state index < -0.39 is 0 Å². The number of amides is 2. The van der Waals surface area contributed by atoms with Crippen LogP contribution in [0.3, 0.4) is 0 Å². The summed E-state index contributed by atoms with van der Waals surface area (Å²) in [4.78, 5) is 12.1. The summed E-state index contributed by atoms with van der Waals surface area (Å²) < 4.78 is 5.66. The van der Waals surface area contributed by atoms with Crippen LogP contribution >= 0.6 is 23.2 Å². The SMILES string of the molecule is CC(NC(=O)NCC1CCOC1(C)C)c1cc(Cl)ccc1Cl. The van der Waals surface area contributed by atoms with Crippen LogP contribution in [0.4, 0.5) is 4.79 Å². The minimum atomic E-state index is -0.223. The van der Waals surface area contributed by atoms with Crippen molar-refractivity contribution >= 4 is 29.2 Å². The van der Waals surface area contributed by atoms with Gasteiger partial charge in [-0.3, -0.25) is 0 Å². The molecule has 1 aliphatic heterocycles. The average Bonchev–Trinajstić information content (AvgIpc) is 2.78. The second-order valence-electron chi connectivity index (χ2n) is 6.18. The van der Waals surface area contributed by atoms with Crippen LogP contribution in [0.1, 0.15) is 38.8 Å². The molecule has 0 saturated carbocycles. The fourth-order valence-corrected chi connectivity index (χ4v) is 3.13. The second-order valence-corrected chi connectivity index (χ2v) is 7.02. The van der Waals surface area contributed by atoms with E-state index in [0.717, 1.165) is 18.6 Å². The first kappa shape index (κ1) is 17.4. The summed E-state index contributed by atoms with van der Waals surface area (Å²) in [6.07, 6.45) is 0.961. The summed E-state index contributed by atoms with van der Waals surface area (Å²) in [5, 5.41) is 6.97. The van der Waals surface area contributed by atoms with Crippen molar-refractivity contribution in [2.45, 2.75) is 38.8 Å². The van der Waals surface area contributed by atoms with Crippen LogP contribution in [-0.4, -0.2) is 24.8 Å². The molecule has 1 fully saturated rings. The summed E-state index contributed by atoms with van der Waals surface area (Å²) in [6.45, 7) is 7.32. The van der Waals surface area contributed by atoms with Gasteiger partial charge < -0.3 is 15.4 Å². The largest absolute Gasteiger partial charge is 0.375 e. The Labute approximate surface area is 141 Å². The Bertz CT molecular complexity index is 549. The van der Waals surface area contributed by atoms with E-state index in [2.05, 4.69) is 24.5 Å². The highest BCUT2D eigenvalue weighted by Gasteiger charge is 2.35. The fourth-order valence-electron chi connectivity index (χ4n) is 2.67. The molecule has 4 nitrogen and oxygen atoms in total. The topological polar surface area (TPSA) is 50.4 Å². The molecule has 0 radical (unpaired) electrons. The first-order valence-electron chi connectivity index (χ1n) is 7.43. The van der Waals surface area contributed by atoms with Crippen LogP contribution in [-0.2, 0) is 4.74 Å². The Morgan fingerprint density at radius 3 is 2.82 bits per heavy atom. The minimum absolute atomic E-state index is 0.185. The van der Waals surface area contributed by atoms with Gasteiger partial charge in [0.2, 0.25) is 0 Å². The van der Waals surface area contributed by atoms with Gasteiger partial charge >= 0.3 is 6.03 Å². The van der Waals surface area contributed by atoms with E-state index in [9.17, 15) is 4.79 Å². The van der Waals surface area contributed by atoms with Crippen molar-refractivity contribution in [1.29, 1.82) is 0 Å². The van der Waals surface area contributed by atoms with Crippen molar-refractivity contribution in [3.8, 4) is 0 Å². The molecule has 2 N–H and O–H groups in total. The predicted molar refractivity (Wildman–Crippen MR) is 89.5 cm³/mol. The molecular formula is C16H22Cl2N2O2. The normalized spacial score (nSPS) is 21.4. The van der Waals surface area contributed by atoms with E-state index >= 15 is 0 Å². The maximum atomic E-state index is 12.1. The Kier molecular flexibility index (Phi) is 5.59. The Morgan fingerprint density at radius 1 is 1.45 bits per heavy atom. The van der Waals surface area contributed by atoms with Crippen molar-refractivity contribution in [3.63, 3.8) is 0 Å². The lowest BCUT2D eigenvalue weighted by atomic mass is 9.91. The van der Waals surface area contributed by atoms with Crippen LogP contribution < -0.4 is 10.6 Å². The van der Waals surface area contributed by atoms with Gasteiger partial charge in [-0.2, -0.15) is 0 Å². The molecular weight excluding hydrogens is 323 g/mol. The zero-order valence-electron chi connectivity index (χ0n) is 13.1. The summed E-state index contributed by atoms with van der Waals surface area (Å²) >= 11 is 12.1. The first-order valence-corrected chi connectivity index (χ1v) is 8.18. The molecule has 1 aliphatic rings. The second kappa shape index (κ2) is 7.07. The van der Waals surface area contributed by atoms with Crippen LogP contribution in [0.15, 0.2) is 18.2 Å². The van der Waals surface area contributed by atoms with Gasteiger partial charge in [-0.05, 0) is 51.0 Å². The molecule has 1 heterocycles. The maximum absolute atomic E-state index is 12.1. The summed E-state index contributed by atoms with van der Waals surface area (Å²) in [5.74, 6) is 0.323. The van der Waals surface area contributed by atoms with E-state index in [4.69, 9.17) is 27.9 Å². The molecule has 1 aromatic carbocycles. The lowest BCUT2D eigenvalue weighted by Gasteiger charge is -2.26. The van der Waals surface area contributed by atoms with Crippen LogP contribution in [0.5, 0.6) is 0 Å². The molecule has 6 heteroatoms. The monoisotopic (exact) mass is 344 g/mol. The quantitative estimate of drug-likeness (QED) is 0.861. The van der Waals surface area contributed by atoms with Crippen molar-refractivity contribution in [2.75, 3.05) is 13.2 Å². The van der Waals surface area contributed by atoms with Gasteiger partial charge in [0.05, 0.1) is 11.6 Å². The van der Waals surface area contributed by atoms with E-state index in [1.807, 2.05) is 6.92 Å². The predicted octanol–water partition coefficient (Wildman–Crippen LogP) is 4.17. The number of rotatable bonds is 4. The lowest BCUT2D eigenvalue weighted by Crippen LogP contribution is -2.43. The molecule has 0 bridgehead atoms. The molecule has 0 aromatic heterocycles. The first-order chi connectivity index (χ1) is 10.3. The van der Waals surface area contributed by atoms with Crippen LogP contribution in [0, 0.1) is 5.92 Å². The lowest BCUT2D eigenvalue weighted by molar-refractivity contribution is 0.0120. The number of hydrogen-bond donors (Lipinski definition) is 2. The average molecular weight is 345 g/mol. The number of carbonyl (C=O) groups excluding carboxylic acids is 1. The van der Waals surface area contributed by atoms with E-state index in [0.29, 0.717) is 22.5 Å². The molecule has 22 heavy (non-hydrogen) atoms. The molecule has 1 aromatic rings. The third-order valence-electron chi connectivity index (χ3n) is 4.20. The van der Waals surface area contributed by atoms with Crippen LogP contribution in [0.2, 0.25) is 10.0 Å². The number of carbonyl (C=O) groups is 1. The summed E-state index contributed by atoms with van der Waals surface area (Å²) in [7, 11) is 0. The van der Waals surface area contributed by atoms with Gasteiger partial charge in [-0.15, -0.1) is 0 Å². The van der Waals surface area contributed by atoms with Gasteiger partial charge in [0.25, 0.3) is 0 Å². The number of halogens is 2. The van der Waals surface area contributed by atoms with Gasteiger partial charge in [-0.25, -0.2) is 4.79 Å². The van der Waals surface area contributed by atoms with Gasteiger partial charge in [0.15, 0.2) is 0 Å². The molecule has 0 spiro atoms. The highest BCUT2D eigenvalue weighted by Crippen LogP contribution is 2.30. The van der Waals surface area contributed by atoms with Crippen molar-refractivity contribution in [2.24, 2.45) is 5.92 Å². The van der Waals surface area contributed by atoms with E-state index in [1.54, 1.807) is 18.2 Å². The van der Waals surface area contributed by atoms with E-state index in [1.165, 1.54) is 0 Å². The minimum Gasteiger partial charge on any atom is -0.375 e. The molecule has 2 rings (SSSR count). The molecule has 2 atom stereocenters. The van der Waals surface area contributed by atoms with Crippen molar-refractivity contribution in [3.05, 3.63) is 33.8 Å². The van der Waals surface area contributed by atoms with Crippen molar-refractivity contribution < 1.29 is 9.53 Å². The van der Waals surface area contributed by atoms with Gasteiger partial charge in [-0.1, -0.05) is 23.2 Å². The number of urea groups is 1. The van der Waals surface area contributed by atoms with E-state index in [-0.39, 0.29) is 17.7 Å². The standard InChI is InChI=1S/C16H22Cl2N2O2/c1-10(13-8-12(17)4-5-14(13)18)20-15(21)19-9-11-6-7-22-16(11,2)3/h4-5,8,10-11H,6-7,9H2,1-3H3,(H2,19,20,21). The third kappa shape index (κ3) is 4.28. The molecule has 2 unspecified atom stereocenters. The maximum Gasteiger partial charge on any atom is 0.315 e. The Balaban J connectivity index is 1.88. The zero-order chi connectivity index (χ0) is 16.3. The summed E-state index contributed by atoms with van der Waals surface area (Å²) in [6, 6.07) is 4.78. The highest BCUT2D eigenvalue weighted by atomic mass is 35.5. The zero-order valence-corrected chi connectivity index (χ0v) is 14.6. The Hall–Kier alpha value is -0.970. The molecule has 122 valence electrons. The number of nitrogens with one attached hydrogen (secondary N) is 2. The Morgan fingerprint density at radius 2 is 2.18 bits per heavy atom. The highest BCUT2D eigenvalue weighted by molar-refractivity contribution is 6.33. The molecule has 1 saturated heterocycles. The smallest absolute Gasteiger partial charge is 0.315 e. The fraction of sp³-hybridized carbons (Fsp3) is 0.562. The van der Waals surface area contributed by atoms with Crippen molar-refractivity contribution in [1.82, 2.24) is 10.6 Å². The summed E-state index contributed by atoms with van der Waals surface area (Å²) in [5.41, 5.74) is 0.615. The number of benzene rings is 1. The van der Waals surface area contributed by atoms with Gasteiger partial charge in [0.1, 0.15) is 0 Å². The number of ether oxygens (including phenoxy) is 1. The third-order valence-corrected chi connectivity index (χ3v) is 4.78. The molecule has 2 amide bonds. The van der Waals surface area contributed by atoms with Crippen LogP contribution in [0.25, 0.3) is 0 Å². The number of hydrogen-bond acceptors (Lipinski definition) is 2.